The Morgan fingerprint density at radius 2 is 2.12 bits per heavy atom. The fourth-order valence-corrected chi connectivity index (χ4v) is 4.84. The first-order chi connectivity index (χ1) is 11.4. The monoisotopic (exact) mass is 404 g/mol. The van der Waals surface area contributed by atoms with Crippen molar-refractivity contribution in [1.29, 1.82) is 0 Å². The summed E-state index contributed by atoms with van der Waals surface area (Å²) in [4.78, 5) is 12.5. The van der Waals surface area contributed by atoms with Crippen LogP contribution in [-0.4, -0.2) is 32.4 Å². The van der Waals surface area contributed by atoms with E-state index in [1.807, 2.05) is 6.26 Å². The predicted octanol–water partition coefficient (Wildman–Crippen LogP) is 3.44. The molecule has 0 fully saturated rings. The van der Waals surface area contributed by atoms with E-state index in [9.17, 15) is 13.2 Å². The van der Waals surface area contributed by atoms with E-state index in [4.69, 9.17) is 11.6 Å². The SMILES string of the molecule is CSCC[C@@H](NS(=O)(=O)c1cccs1)C(=O)Nc1cccc(Cl)c1. The van der Waals surface area contributed by atoms with E-state index in [0.29, 0.717) is 22.9 Å². The highest BCUT2D eigenvalue weighted by Gasteiger charge is 2.26. The minimum absolute atomic E-state index is 0.187. The Hall–Kier alpha value is -1.06. The number of nitrogens with one attached hydrogen (secondary N) is 2. The van der Waals surface area contributed by atoms with Crippen LogP contribution in [-0.2, 0) is 14.8 Å². The molecule has 0 spiro atoms. The Kier molecular flexibility index (Phi) is 7.12. The normalized spacial score (nSPS) is 12.8. The van der Waals surface area contributed by atoms with Crippen LogP contribution >= 0.6 is 34.7 Å². The zero-order valence-corrected chi connectivity index (χ0v) is 16.1. The van der Waals surface area contributed by atoms with Crippen molar-refractivity contribution in [2.75, 3.05) is 17.3 Å². The summed E-state index contributed by atoms with van der Waals surface area (Å²) in [6, 6.07) is 9.02. The Morgan fingerprint density at radius 1 is 1.33 bits per heavy atom. The molecule has 0 saturated carbocycles. The number of thioether (sulfide) groups is 1. The molecule has 2 aromatic rings. The number of anilines is 1. The molecule has 0 aliphatic carbocycles. The molecule has 0 saturated heterocycles. The highest BCUT2D eigenvalue weighted by Crippen LogP contribution is 2.18. The van der Waals surface area contributed by atoms with Crippen molar-refractivity contribution in [2.45, 2.75) is 16.7 Å². The van der Waals surface area contributed by atoms with Crippen molar-refractivity contribution in [3.63, 3.8) is 0 Å². The van der Waals surface area contributed by atoms with Gasteiger partial charge >= 0.3 is 0 Å². The molecule has 9 heteroatoms. The van der Waals surface area contributed by atoms with Crippen LogP contribution in [0.3, 0.4) is 0 Å². The molecule has 1 amide bonds. The lowest BCUT2D eigenvalue weighted by molar-refractivity contribution is -0.117. The number of thiophene rings is 1. The lowest BCUT2D eigenvalue weighted by Gasteiger charge is -2.18. The van der Waals surface area contributed by atoms with E-state index < -0.39 is 22.0 Å². The molecule has 0 bridgehead atoms. The molecule has 1 aromatic carbocycles. The van der Waals surface area contributed by atoms with Crippen molar-refractivity contribution in [3.05, 3.63) is 46.8 Å². The van der Waals surface area contributed by atoms with Crippen molar-refractivity contribution in [2.24, 2.45) is 0 Å². The van der Waals surface area contributed by atoms with E-state index in [2.05, 4.69) is 10.0 Å². The third-order valence-corrected chi connectivity index (χ3v) is 6.82. The second kappa shape index (κ2) is 8.87. The maximum atomic E-state index is 12.5. The third-order valence-electron chi connectivity index (χ3n) is 3.08. The fourth-order valence-electron chi connectivity index (χ4n) is 1.94. The van der Waals surface area contributed by atoms with Gasteiger partial charge in [-0.2, -0.15) is 16.5 Å². The standard InChI is InChI=1S/C15H17ClN2O3S3/c1-22-9-7-13(18-24(20,21)14-6-3-8-23-14)15(19)17-12-5-2-4-11(16)10-12/h2-6,8,10,13,18H,7,9H2,1H3,(H,17,19)/t13-/m1/s1. The molecule has 1 heterocycles. The maximum absolute atomic E-state index is 12.5. The molecule has 1 atom stereocenters. The third kappa shape index (κ3) is 5.49. The van der Waals surface area contributed by atoms with Gasteiger partial charge in [0.15, 0.2) is 0 Å². The van der Waals surface area contributed by atoms with Crippen LogP contribution in [0.5, 0.6) is 0 Å². The minimum atomic E-state index is -3.72. The van der Waals surface area contributed by atoms with Crippen LogP contribution in [0.15, 0.2) is 46.0 Å². The molecular formula is C15H17ClN2O3S3. The lowest BCUT2D eigenvalue weighted by Crippen LogP contribution is -2.43. The summed E-state index contributed by atoms with van der Waals surface area (Å²) in [5.74, 6) is 0.243. The van der Waals surface area contributed by atoms with Crippen LogP contribution in [0.4, 0.5) is 5.69 Å². The first-order valence-corrected chi connectivity index (χ1v) is 11.2. The van der Waals surface area contributed by atoms with Crippen LogP contribution in [0.2, 0.25) is 5.02 Å². The molecule has 2 rings (SSSR count). The summed E-state index contributed by atoms with van der Waals surface area (Å²) in [6.07, 6.45) is 2.29. The highest BCUT2D eigenvalue weighted by molar-refractivity contribution is 7.98. The summed E-state index contributed by atoms with van der Waals surface area (Å²) in [7, 11) is -3.72. The van der Waals surface area contributed by atoms with Crippen LogP contribution in [0.25, 0.3) is 0 Å². The van der Waals surface area contributed by atoms with E-state index in [-0.39, 0.29) is 4.21 Å². The fraction of sp³-hybridized carbons (Fsp3) is 0.267. The van der Waals surface area contributed by atoms with Gasteiger partial charge in [-0.1, -0.05) is 23.7 Å². The van der Waals surface area contributed by atoms with Gasteiger partial charge in [-0.05, 0) is 48.1 Å². The molecule has 5 nitrogen and oxygen atoms in total. The number of hydrogen-bond donors (Lipinski definition) is 2. The molecule has 1 aromatic heterocycles. The molecule has 24 heavy (non-hydrogen) atoms. The summed E-state index contributed by atoms with van der Waals surface area (Å²) < 4.78 is 27.4. The van der Waals surface area contributed by atoms with Crippen LogP contribution in [0.1, 0.15) is 6.42 Å². The average Bonchev–Trinajstić information content (AvgIpc) is 3.06. The van der Waals surface area contributed by atoms with Crippen LogP contribution in [0, 0.1) is 0 Å². The molecule has 0 aliphatic heterocycles. The van der Waals surface area contributed by atoms with Gasteiger partial charge in [0.2, 0.25) is 5.91 Å². The average molecular weight is 405 g/mol. The number of halogens is 1. The number of sulfonamides is 1. The van der Waals surface area contributed by atoms with E-state index >= 15 is 0 Å². The molecule has 0 radical (unpaired) electrons. The summed E-state index contributed by atoms with van der Waals surface area (Å²) >= 11 is 8.56. The molecular weight excluding hydrogens is 388 g/mol. The molecule has 2 N–H and O–H groups in total. The van der Waals surface area contributed by atoms with Gasteiger partial charge in [-0.15, -0.1) is 11.3 Å². The summed E-state index contributed by atoms with van der Waals surface area (Å²) in [5.41, 5.74) is 0.525. The first kappa shape index (κ1) is 19.3. The highest BCUT2D eigenvalue weighted by atomic mass is 35.5. The lowest BCUT2D eigenvalue weighted by atomic mass is 10.2. The number of carbonyl (C=O) groups is 1. The van der Waals surface area contributed by atoms with E-state index in [0.717, 1.165) is 11.3 Å². The quantitative estimate of drug-likeness (QED) is 0.706. The number of rotatable bonds is 8. The summed E-state index contributed by atoms with van der Waals surface area (Å²) in [6.45, 7) is 0. The number of benzene rings is 1. The van der Waals surface area contributed by atoms with Gasteiger partial charge in [-0.25, -0.2) is 8.42 Å². The van der Waals surface area contributed by atoms with Crippen molar-refractivity contribution < 1.29 is 13.2 Å². The van der Waals surface area contributed by atoms with E-state index in [1.54, 1.807) is 47.5 Å². The molecule has 130 valence electrons. The Morgan fingerprint density at radius 3 is 2.75 bits per heavy atom. The topological polar surface area (TPSA) is 75.3 Å². The summed E-state index contributed by atoms with van der Waals surface area (Å²) in [5, 5.41) is 4.87. The van der Waals surface area contributed by atoms with Gasteiger partial charge in [-0.3, -0.25) is 4.79 Å². The van der Waals surface area contributed by atoms with Gasteiger partial charge in [0.25, 0.3) is 10.0 Å². The Balaban J connectivity index is 2.13. The maximum Gasteiger partial charge on any atom is 0.250 e. The van der Waals surface area contributed by atoms with Crippen molar-refractivity contribution in [3.8, 4) is 0 Å². The number of amides is 1. The second-order valence-electron chi connectivity index (χ2n) is 4.89. The number of carbonyl (C=O) groups excluding carboxylic acids is 1. The first-order valence-electron chi connectivity index (χ1n) is 7.03. The van der Waals surface area contributed by atoms with Gasteiger partial charge < -0.3 is 5.32 Å². The largest absolute Gasteiger partial charge is 0.325 e. The van der Waals surface area contributed by atoms with E-state index in [1.165, 1.54) is 6.07 Å². The van der Waals surface area contributed by atoms with Gasteiger partial charge in [0.05, 0.1) is 0 Å². The van der Waals surface area contributed by atoms with Crippen molar-refractivity contribution in [1.82, 2.24) is 4.72 Å². The zero-order chi connectivity index (χ0) is 17.6. The predicted molar refractivity (Wildman–Crippen MR) is 102 cm³/mol. The van der Waals surface area contributed by atoms with Crippen LogP contribution < -0.4 is 10.0 Å². The molecule has 0 unspecified atom stereocenters. The van der Waals surface area contributed by atoms with Gasteiger partial charge in [0, 0.05) is 10.7 Å². The minimum Gasteiger partial charge on any atom is -0.325 e. The van der Waals surface area contributed by atoms with Crippen molar-refractivity contribution >= 4 is 56.3 Å². The molecule has 0 aliphatic rings. The number of hydrogen-bond acceptors (Lipinski definition) is 5. The van der Waals surface area contributed by atoms with Gasteiger partial charge in [0.1, 0.15) is 10.3 Å². The zero-order valence-electron chi connectivity index (χ0n) is 12.9. The Bertz CT molecular complexity index is 779. The smallest absolute Gasteiger partial charge is 0.250 e. The second-order valence-corrected chi connectivity index (χ2v) is 9.20. The Labute approximate surface area is 154 Å².